The molecular weight excluding hydrogens is 282 g/mol. The number of carboxylic acids is 1. The Hall–Kier alpha value is -2.17. The minimum Gasteiger partial charge on any atom is -0.481 e. The molecule has 22 heavy (non-hydrogen) atoms. The lowest BCUT2D eigenvalue weighted by Gasteiger charge is -2.27. The van der Waals surface area contributed by atoms with Gasteiger partial charge in [0.2, 0.25) is 11.8 Å². The van der Waals surface area contributed by atoms with Crippen molar-refractivity contribution in [2.75, 3.05) is 0 Å². The van der Waals surface area contributed by atoms with Crippen molar-refractivity contribution in [3.8, 4) is 0 Å². The molecule has 1 aromatic carbocycles. The largest absolute Gasteiger partial charge is 0.481 e. The highest BCUT2D eigenvalue weighted by Gasteiger charge is 2.35. The molecule has 1 aliphatic heterocycles. The van der Waals surface area contributed by atoms with E-state index >= 15 is 0 Å². The van der Waals surface area contributed by atoms with Crippen LogP contribution in [-0.2, 0) is 20.8 Å². The monoisotopic (exact) mass is 303 g/mol. The van der Waals surface area contributed by atoms with Crippen LogP contribution >= 0.6 is 0 Å². The van der Waals surface area contributed by atoms with Crippen LogP contribution in [-0.4, -0.2) is 33.8 Å². The summed E-state index contributed by atoms with van der Waals surface area (Å²) < 4.78 is 0. The van der Waals surface area contributed by atoms with Crippen LogP contribution in [0.4, 0.5) is 0 Å². The fourth-order valence-electron chi connectivity index (χ4n) is 2.78. The third-order valence-electron chi connectivity index (χ3n) is 4.12. The van der Waals surface area contributed by atoms with Gasteiger partial charge >= 0.3 is 5.97 Å². The highest BCUT2D eigenvalue weighted by atomic mass is 16.4. The van der Waals surface area contributed by atoms with Gasteiger partial charge < -0.3 is 5.11 Å². The maximum Gasteiger partial charge on any atom is 0.306 e. The summed E-state index contributed by atoms with van der Waals surface area (Å²) in [6.45, 7) is 1.65. The van der Waals surface area contributed by atoms with Crippen LogP contribution in [0.3, 0.4) is 0 Å². The Labute approximate surface area is 129 Å². The van der Waals surface area contributed by atoms with E-state index in [1.165, 1.54) is 4.90 Å². The molecule has 118 valence electrons. The van der Waals surface area contributed by atoms with Crippen LogP contribution in [0, 0.1) is 5.92 Å². The number of carbonyl (C=O) groups excluding carboxylic acids is 2. The summed E-state index contributed by atoms with van der Waals surface area (Å²) in [4.78, 5) is 36.3. The van der Waals surface area contributed by atoms with Gasteiger partial charge in [-0.15, -0.1) is 0 Å². The smallest absolute Gasteiger partial charge is 0.306 e. The minimum atomic E-state index is -0.850. The minimum absolute atomic E-state index is 0.145. The standard InChI is InChI=1S/C17H21NO4/c1-12(17(21)22)7-8-14(11-13-5-3-2-4-6-13)18-15(19)9-10-16(18)20/h2-6,12,14H,7-11H2,1H3,(H,21,22). The lowest BCUT2D eigenvalue weighted by molar-refractivity contribution is -0.141. The van der Waals surface area contributed by atoms with Crippen molar-refractivity contribution in [2.24, 2.45) is 5.92 Å². The quantitative estimate of drug-likeness (QED) is 0.784. The summed E-state index contributed by atoms with van der Waals surface area (Å²) in [6.07, 6.45) is 2.06. The first-order valence-corrected chi connectivity index (χ1v) is 7.60. The van der Waals surface area contributed by atoms with E-state index in [-0.39, 0.29) is 30.7 Å². The van der Waals surface area contributed by atoms with E-state index in [2.05, 4.69) is 0 Å². The molecule has 0 spiro atoms. The van der Waals surface area contributed by atoms with Gasteiger partial charge in [-0.3, -0.25) is 19.3 Å². The first kappa shape index (κ1) is 16.2. The Morgan fingerprint density at radius 2 is 1.73 bits per heavy atom. The Morgan fingerprint density at radius 3 is 2.27 bits per heavy atom. The second kappa shape index (κ2) is 7.20. The normalized spacial score (nSPS) is 17.6. The Balaban J connectivity index is 2.11. The van der Waals surface area contributed by atoms with E-state index < -0.39 is 11.9 Å². The molecular formula is C17H21NO4. The average Bonchev–Trinajstić information content (AvgIpc) is 2.83. The molecule has 1 heterocycles. The Kier molecular flexibility index (Phi) is 5.31. The Bertz CT molecular complexity index is 539. The molecule has 2 atom stereocenters. The van der Waals surface area contributed by atoms with Gasteiger partial charge in [-0.05, 0) is 24.8 Å². The van der Waals surface area contributed by atoms with Crippen molar-refractivity contribution in [1.29, 1.82) is 0 Å². The molecule has 1 aromatic rings. The molecule has 5 nitrogen and oxygen atoms in total. The summed E-state index contributed by atoms with van der Waals surface area (Å²) in [6, 6.07) is 9.40. The lowest BCUT2D eigenvalue weighted by Crippen LogP contribution is -2.41. The van der Waals surface area contributed by atoms with Crippen molar-refractivity contribution in [2.45, 2.75) is 45.1 Å². The SMILES string of the molecule is CC(CCC(Cc1ccccc1)N1C(=O)CCC1=O)C(=O)O. The van der Waals surface area contributed by atoms with E-state index in [1.807, 2.05) is 30.3 Å². The summed E-state index contributed by atoms with van der Waals surface area (Å²) in [5, 5.41) is 9.01. The van der Waals surface area contributed by atoms with Crippen molar-refractivity contribution in [3.05, 3.63) is 35.9 Å². The molecule has 0 saturated carbocycles. The van der Waals surface area contributed by atoms with Gasteiger partial charge in [-0.2, -0.15) is 0 Å². The Morgan fingerprint density at radius 1 is 1.14 bits per heavy atom. The van der Waals surface area contributed by atoms with Crippen molar-refractivity contribution < 1.29 is 19.5 Å². The van der Waals surface area contributed by atoms with E-state index in [0.29, 0.717) is 19.3 Å². The predicted octanol–water partition coefficient (Wildman–Crippen LogP) is 2.25. The molecule has 1 saturated heterocycles. The molecule has 2 amide bonds. The number of imide groups is 1. The number of carboxylic acid groups (broad SMARTS) is 1. The van der Waals surface area contributed by atoms with E-state index in [1.54, 1.807) is 6.92 Å². The molecule has 0 bridgehead atoms. The van der Waals surface area contributed by atoms with E-state index in [0.717, 1.165) is 5.56 Å². The third kappa shape index (κ3) is 3.93. The number of carbonyl (C=O) groups is 3. The fraction of sp³-hybridized carbons (Fsp3) is 0.471. The molecule has 1 aliphatic rings. The number of hydrogen-bond donors (Lipinski definition) is 1. The van der Waals surface area contributed by atoms with Gasteiger partial charge in [-0.1, -0.05) is 37.3 Å². The van der Waals surface area contributed by atoms with Crippen molar-refractivity contribution in [3.63, 3.8) is 0 Å². The summed E-state index contributed by atoms with van der Waals surface area (Å²) in [7, 11) is 0. The number of rotatable bonds is 7. The van der Waals surface area contributed by atoms with Crippen LogP contribution in [0.1, 0.15) is 38.2 Å². The topological polar surface area (TPSA) is 74.7 Å². The number of nitrogens with zero attached hydrogens (tertiary/aromatic N) is 1. The summed E-state index contributed by atoms with van der Waals surface area (Å²) in [5.74, 6) is -1.62. The number of amides is 2. The van der Waals surface area contributed by atoms with Gasteiger partial charge in [0, 0.05) is 18.9 Å². The van der Waals surface area contributed by atoms with Crippen LogP contribution in [0.5, 0.6) is 0 Å². The van der Waals surface area contributed by atoms with E-state index in [4.69, 9.17) is 5.11 Å². The molecule has 2 unspecified atom stereocenters. The zero-order valence-corrected chi connectivity index (χ0v) is 12.7. The lowest BCUT2D eigenvalue weighted by atomic mass is 9.96. The van der Waals surface area contributed by atoms with Gasteiger partial charge in [0.25, 0.3) is 0 Å². The predicted molar refractivity (Wildman–Crippen MR) is 81.1 cm³/mol. The van der Waals surface area contributed by atoms with Gasteiger partial charge in [0.15, 0.2) is 0 Å². The summed E-state index contributed by atoms with van der Waals surface area (Å²) >= 11 is 0. The second-order valence-electron chi connectivity index (χ2n) is 5.82. The van der Waals surface area contributed by atoms with Crippen LogP contribution in [0.2, 0.25) is 0 Å². The van der Waals surface area contributed by atoms with Gasteiger partial charge in [0.1, 0.15) is 0 Å². The maximum atomic E-state index is 12.0. The van der Waals surface area contributed by atoms with Gasteiger partial charge in [-0.25, -0.2) is 0 Å². The van der Waals surface area contributed by atoms with Crippen molar-refractivity contribution in [1.82, 2.24) is 4.90 Å². The van der Waals surface area contributed by atoms with Crippen LogP contribution < -0.4 is 0 Å². The first-order chi connectivity index (χ1) is 10.5. The highest BCUT2D eigenvalue weighted by Crippen LogP contribution is 2.23. The summed E-state index contributed by atoms with van der Waals surface area (Å²) in [5.41, 5.74) is 1.04. The van der Waals surface area contributed by atoms with Crippen LogP contribution in [0.25, 0.3) is 0 Å². The third-order valence-corrected chi connectivity index (χ3v) is 4.12. The average molecular weight is 303 g/mol. The molecule has 2 rings (SSSR count). The zero-order chi connectivity index (χ0) is 16.1. The van der Waals surface area contributed by atoms with Crippen LogP contribution in [0.15, 0.2) is 30.3 Å². The molecule has 5 heteroatoms. The number of hydrogen-bond acceptors (Lipinski definition) is 3. The molecule has 1 fully saturated rings. The maximum absolute atomic E-state index is 12.0. The number of benzene rings is 1. The van der Waals surface area contributed by atoms with Crippen molar-refractivity contribution >= 4 is 17.8 Å². The molecule has 0 aliphatic carbocycles. The zero-order valence-electron chi connectivity index (χ0n) is 12.7. The molecule has 0 radical (unpaired) electrons. The van der Waals surface area contributed by atoms with E-state index in [9.17, 15) is 14.4 Å². The first-order valence-electron chi connectivity index (χ1n) is 7.60. The highest BCUT2D eigenvalue weighted by molar-refractivity contribution is 6.02. The second-order valence-corrected chi connectivity index (χ2v) is 5.82. The molecule has 1 N–H and O–H groups in total. The number of aliphatic carboxylic acids is 1. The fourth-order valence-corrected chi connectivity index (χ4v) is 2.78. The number of likely N-dealkylation sites (tertiary alicyclic amines) is 1. The molecule has 0 aromatic heterocycles. The van der Waals surface area contributed by atoms with Gasteiger partial charge in [0.05, 0.1) is 5.92 Å².